The second kappa shape index (κ2) is 28.2. The van der Waals surface area contributed by atoms with Crippen LogP contribution >= 0.6 is 0 Å². The van der Waals surface area contributed by atoms with Gasteiger partial charge in [0.2, 0.25) is 0 Å². The highest BCUT2D eigenvalue weighted by atomic mass is 15.1. The minimum atomic E-state index is 0.296. The van der Waals surface area contributed by atoms with E-state index in [1.807, 2.05) is 0 Å². The molecule has 0 radical (unpaired) electrons. The summed E-state index contributed by atoms with van der Waals surface area (Å²) in [5.41, 5.74) is 26.1. The summed E-state index contributed by atoms with van der Waals surface area (Å²) in [6, 6.07) is 127. The van der Waals surface area contributed by atoms with Crippen LogP contribution in [-0.4, -0.2) is 0 Å². The lowest BCUT2D eigenvalue weighted by Gasteiger charge is -2.29. The van der Waals surface area contributed by atoms with Crippen LogP contribution in [0.3, 0.4) is 0 Å². The Morgan fingerprint density at radius 2 is 0.633 bits per heavy atom. The third-order valence-electron chi connectivity index (χ3n) is 17.2. The number of para-hydroxylation sites is 2. The van der Waals surface area contributed by atoms with Crippen LogP contribution in [0.1, 0.15) is 57.2 Å². The molecule has 0 bridgehead atoms. The molecule has 0 saturated carbocycles. The molecule has 1 aliphatic carbocycles. The Hall–Kier alpha value is -11.1. The first kappa shape index (κ1) is 58.0. The van der Waals surface area contributed by atoms with Crippen LogP contribution in [0, 0.1) is 6.92 Å². The van der Waals surface area contributed by atoms with Gasteiger partial charge >= 0.3 is 0 Å². The number of nitrogens with zero attached hydrogens (tertiary/aromatic N) is 2. The molecule has 14 rings (SSSR count). The summed E-state index contributed by atoms with van der Waals surface area (Å²) in [5, 5.41) is 0. The molecule has 0 fully saturated rings. The van der Waals surface area contributed by atoms with Gasteiger partial charge in [0.1, 0.15) is 0 Å². The van der Waals surface area contributed by atoms with Crippen LogP contribution in [0.25, 0.3) is 44.5 Å². The largest absolute Gasteiger partial charge is 0.311 e. The van der Waals surface area contributed by atoms with Gasteiger partial charge in [0.15, 0.2) is 0 Å². The van der Waals surface area contributed by atoms with E-state index in [2.05, 4.69) is 387 Å². The standard InChI is InChI=1S/C55H44N2.C33H28/c1-5-13-42(14-6-1)41-43-21-23-45(24-22-43)47-27-35-53(36-28-47)57(51-19-11-4-12-20-51)55-39-31-49(32-40-55)48-29-37-54(38-30-48)56(50-17-9-3-10-18-50)52-33-25-46(26-34-52)44-15-7-2-8-16-44;1-25-12-16-28(17-13-25)29-18-14-26(15-19-29)24-33(31-10-6-3-7-11-31)32-22-20-30(21-23-32)27-8-4-2-5-9-27/h1-29,31-40,48H,30,41H2;2-23,33H,24H2,1H3. The van der Waals surface area contributed by atoms with Crippen LogP contribution in [0.5, 0.6) is 0 Å². The van der Waals surface area contributed by atoms with Crippen LogP contribution in [0.2, 0.25) is 0 Å². The van der Waals surface area contributed by atoms with E-state index in [1.54, 1.807) is 0 Å². The highest BCUT2D eigenvalue weighted by Gasteiger charge is 2.21. The molecule has 434 valence electrons. The van der Waals surface area contributed by atoms with E-state index in [0.29, 0.717) is 11.8 Å². The number of benzene rings is 13. The van der Waals surface area contributed by atoms with Crippen LogP contribution in [0.15, 0.2) is 376 Å². The lowest BCUT2D eigenvalue weighted by Crippen LogP contribution is -2.17. The molecule has 0 aliphatic heterocycles. The summed E-state index contributed by atoms with van der Waals surface area (Å²) in [6.45, 7) is 2.13. The predicted molar refractivity (Wildman–Crippen MR) is 381 cm³/mol. The topological polar surface area (TPSA) is 6.48 Å². The van der Waals surface area contributed by atoms with Gasteiger partial charge in [0, 0.05) is 46.0 Å². The quantitative estimate of drug-likeness (QED) is 0.0897. The molecule has 1 aliphatic rings. The first-order chi connectivity index (χ1) is 44.5. The molecule has 2 heteroatoms. The normalized spacial score (nSPS) is 12.9. The average Bonchev–Trinajstić information content (AvgIpc) is 3.09. The minimum Gasteiger partial charge on any atom is -0.311 e. The highest BCUT2D eigenvalue weighted by molar-refractivity contribution is 5.79. The smallest absolute Gasteiger partial charge is 0.0462 e. The highest BCUT2D eigenvalue weighted by Crippen LogP contribution is 2.40. The van der Waals surface area contributed by atoms with Crippen molar-refractivity contribution in [3.8, 4) is 44.5 Å². The predicted octanol–water partition coefficient (Wildman–Crippen LogP) is 23.6. The SMILES string of the molecule is C1=CC(c2ccc(N(c3ccccc3)c3ccc(-c4ccc(Cc5ccccc5)cc4)cc3)cc2)CC=C1N(c1ccccc1)c1ccc(-c2ccccc2)cc1.Cc1ccc(-c2ccc(CC(c3ccccc3)c3ccc(-c4ccccc4)cc3)cc2)cc1. The van der Waals surface area contributed by atoms with Crippen molar-refractivity contribution in [1.82, 2.24) is 0 Å². The van der Waals surface area contributed by atoms with Crippen LogP contribution in [-0.2, 0) is 12.8 Å². The molecule has 90 heavy (non-hydrogen) atoms. The Morgan fingerprint density at radius 1 is 0.300 bits per heavy atom. The number of anilines is 5. The van der Waals surface area contributed by atoms with Crippen molar-refractivity contribution in [2.45, 2.75) is 38.0 Å². The van der Waals surface area contributed by atoms with E-state index in [0.717, 1.165) is 47.7 Å². The summed E-state index contributed by atoms with van der Waals surface area (Å²) in [5.74, 6) is 0.616. The summed E-state index contributed by atoms with van der Waals surface area (Å²) >= 11 is 0. The molecule has 0 saturated heterocycles. The molecule has 0 spiro atoms. The first-order valence-corrected chi connectivity index (χ1v) is 31.5. The zero-order chi connectivity index (χ0) is 60.7. The second-order valence-corrected chi connectivity index (χ2v) is 23.3. The van der Waals surface area contributed by atoms with Gasteiger partial charge in [-0.15, -0.1) is 0 Å². The number of rotatable bonds is 17. The van der Waals surface area contributed by atoms with Crippen molar-refractivity contribution in [2.24, 2.45) is 0 Å². The van der Waals surface area contributed by atoms with Crippen molar-refractivity contribution in [3.63, 3.8) is 0 Å². The van der Waals surface area contributed by atoms with Gasteiger partial charge in [-0.2, -0.15) is 0 Å². The zero-order valence-electron chi connectivity index (χ0n) is 50.9. The van der Waals surface area contributed by atoms with Crippen LogP contribution in [0.4, 0.5) is 28.4 Å². The van der Waals surface area contributed by atoms with Gasteiger partial charge in [-0.25, -0.2) is 0 Å². The Labute approximate surface area is 532 Å². The van der Waals surface area contributed by atoms with Crippen molar-refractivity contribution in [2.75, 3.05) is 9.80 Å². The molecule has 2 nitrogen and oxygen atoms in total. The van der Waals surface area contributed by atoms with Crippen LogP contribution < -0.4 is 9.80 Å². The summed E-state index contributed by atoms with van der Waals surface area (Å²) in [7, 11) is 0. The average molecular weight is 1160 g/mol. The monoisotopic (exact) mass is 1160 g/mol. The summed E-state index contributed by atoms with van der Waals surface area (Å²) in [4.78, 5) is 4.70. The molecule has 0 N–H and O–H groups in total. The van der Waals surface area contributed by atoms with Gasteiger partial charge < -0.3 is 9.80 Å². The molecular weight excluding hydrogens is 1080 g/mol. The lowest BCUT2D eigenvalue weighted by atomic mass is 9.85. The van der Waals surface area contributed by atoms with E-state index in [9.17, 15) is 0 Å². The van der Waals surface area contributed by atoms with Gasteiger partial charge in [-0.05, 0) is 171 Å². The van der Waals surface area contributed by atoms with E-state index in [-0.39, 0.29) is 0 Å². The molecular formula is C88H72N2. The molecule has 0 amide bonds. The van der Waals surface area contributed by atoms with Gasteiger partial charge in [-0.1, -0.05) is 309 Å². The summed E-state index contributed by atoms with van der Waals surface area (Å²) < 4.78 is 0. The Balaban J connectivity index is 0.000000191. The number of allylic oxidation sites excluding steroid dienone is 3. The second-order valence-electron chi connectivity index (χ2n) is 23.3. The van der Waals surface area contributed by atoms with E-state index >= 15 is 0 Å². The molecule has 13 aromatic rings. The van der Waals surface area contributed by atoms with E-state index in [1.165, 1.54) is 89.1 Å². The fraction of sp³-hybridized carbons (Fsp3) is 0.0682. The third-order valence-corrected chi connectivity index (χ3v) is 17.2. The molecule has 2 unspecified atom stereocenters. The number of hydrogen-bond acceptors (Lipinski definition) is 2. The minimum absolute atomic E-state index is 0.296. The molecule has 0 aromatic heterocycles. The first-order valence-electron chi connectivity index (χ1n) is 31.5. The summed E-state index contributed by atoms with van der Waals surface area (Å²) in [6.07, 6.45) is 9.87. The van der Waals surface area contributed by atoms with Crippen molar-refractivity contribution >= 4 is 28.4 Å². The molecule has 2 atom stereocenters. The molecule has 0 heterocycles. The maximum Gasteiger partial charge on any atom is 0.0462 e. The van der Waals surface area contributed by atoms with E-state index in [4.69, 9.17) is 0 Å². The fourth-order valence-corrected chi connectivity index (χ4v) is 12.3. The Morgan fingerprint density at radius 3 is 1.10 bits per heavy atom. The maximum atomic E-state index is 2.38. The third kappa shape index (κ3) is 14.2. The Kier molecular flexibility index (Phi) is 18.2. The lowest BCUT2D eigenvalue weighted by molar-refractivity contribution is 0.805. The Bertz CT molecular complexity index is 4400. The van der Waals surface area contributed by atoms with Gasteiger partial charge in [-0.3, -0.25) is 0 Å². The number of aryl methyl sites for hydroxylation is 1. The number of hydrogen-bond donors (Lipinski definition) is 0. The van der Waals surface area contributed by atoms with Crippen molar-refractivity contribution in [1.29, 1.82) is 0 Å². The van der Waals surface area contributed by atoms with Gasteiger partial charge in [0.05, 0.1) is 0 Å². The van der Waals surface area contributed by atoms with Crippen molar-refractivity contribution in [3.05, 3.63) is 415 Å². The fourth-order valence-electron chi connectivity index (χ4n) is 12.3. The maximum absolute atomic E-state index is 2.38. The zero-order valence-corrected chi connectivity index (χ0v) is 50.9. The molecule has 13 aromatic carbocycles. The van der Waals surface area contributed by atoms with Crippen molar-refractivity contribution < 1.29 is 0 Å². The van der Waals surface area contributed by atoms with E-state index < -0.39 is 0 Å². The van der Waals surface area contributed by atoms with Gasteiger partial charge in [0.25, 0.3) is 0 Å².